The van der Waals surface area contributed by atoms with Crippen molar-refractivity contribution in [1.29, 1.82) is 0 Å². The van der Waals surface area contributed by atoms with Gasteiger partial charge < -0.3 is 10.1 Å². The lowest BCUT2D eigenvalue weighted by Crippen LogP contribution is -2.14. The van der Waals surface area contributed by atoms with Gasteiger partial charge in [0.1, 0.15) is 5.75 Å². The molecule has 0 spiro atoms. The van der Waals surface area contributed by atoms with E-state index in [-0.39, 0.29) is 0 Å². The van der Waals surface area contributed by atoms with Crippen molar-refractivity contribution in [2.75, 3.05) is 13.7 Å². The molecule has 0 aliphatic heterocycles. The van der Waals surface area contributed by atoms with Gasteiger partial charge in [-0.15, -0.1) is 6.58 Å². The van der Waals surface area contributed by atoms with Gasteiger partial charge >= 0.3 is 0 Å². The molecule has 1 unspecified atom stereocenters. The van der Waals surface area contributed by atoms with Gasteiger partial charge in [-0.2, -0.15) is 0 Å². The summed E-state index contributed by atoms with van der Waals surface area (Å²) >= 11 is 0. The zero-order valence-corrected chi connectivity index (χ0v) is 11.1. The van der Waals surface area contributed by atoms with Crippen LogP contribution in [-0.4, -0.2) is 13.7 Å². The minimum atomic E-state index is 0.430. The molecule has 2 heteroatoms. The molecule has 0 saturated carbocycles. The molecule has 0 saturated heterocycles. The van der Waals surface area contributed by atoms with Crippen molar-refractivity contribution in [2.45, 2.75) is 32.7 Å². The molecular formula is C15H23NO. The number of hydrogen-bond acceptors (Lipinski definition) is 2. The summed E-state index contributed by atoms with van der Waals surface area (Å²) in [6.45, 7) is 8.76. The second-order valence-electron chi connectivity index (χ2n) is 4.37. The Morgan fingerprint density at radius 2 is 2.00 bits per heavy atom. The Morgan fingerprint density at radius 3 is 2.47 bits per heavy atom. The summed E-state index contributed by atoms with van der Waals surface area (Å²) in [4.78, 5) is 0. The van der Waals surface area contributed by atoms with Crippen molar-refractivity contribution in [1.82, 2.24) is 5.32 Å². The lowest BCUT2D eigenvalue weighted by Gasteiger charge is -2.14. The largest absolute Gasteiger partial charge is 0.493 e. The quantitative estimate of drug-likeness (QED) is 0.725. The first-order valence-corrected chi connectivity index (χ1v) is 6.21. The molecule has 0 fully saturated rings. The minimum Gasteiger partial charge on any atom is -0.493 e. The van der Waals surface area contributed by atoms with E-state index in [9.17, 15) is 0 Å². The van der Waals surface area contributed by atoms with Crippen LogP contribution in [0.1, 0.15) is 38.3 Å². The van der Waals surface area contributed by atoms with Crippen LogP contribution in [0.3, 0.4) is 0 Å². The van der Waals surface area contributed by atoms with Crippen LogP contribution in [-0.2, 0) is 0 Å². The maximum absolute atomic E-state index is 5.64. The molecule has 0 aliphatic rings. The van der Waals surface area contributed by atoms with E-state index in [1.165, 1.54) is 5.56 Å². The lowest BCUT2D eigenvalue weighted by atomic mass is 10.0. The van der Waals surface area contributed by atoms with E-state index in [1.807, 2.05) is 26.1 Å². The van der Waals surface area contributed by atoms with E-state index in [0.29, 0.717) is 12.6 Å². The predicted molar refractivity (Wildman–Crippen MR) is 73.5 cm³/mol. The number of ether oxygens (including phenoxy) is 1. The second kappa shape index (κ2) is 7.13. The Balaban J connectivity index is 2.52. The summed E-state index contributed by atoms with van der Waals surface area (Å²) < 4.78 is 5.64. The molecule has 0 bridgehead atoms. The van der Waals surface area contributed by atoms with Crippen molar-refractivity contribution in [2.24, 2.45) is 0 Å². The minimum absolute atomic E-state index is 0.430. The number of rotatable bonds is 7. The molecule has 1 atom stereocenters. The summed E-state index contributed by atoms with van der Waals surface area (Å²) in [7, 11) is 1.99. The van der Waals surface area contributed by atoms with Crippen molar-refractivity contribution in [3.8, 4) is 5.75 Å². The van der Waals surface area contributed by atoms with Gasteiger partial charge in [-0.05, 0) is 38.1 Å². The molecule has 0 aliphatic carbocycles. The van der Waals surface area contributed by atoms with E-state index in [1.54, 1.807) is 0 Å². The van der Waals surface area contributed by atoms with Crippen LogP contribution in [0.4, 0.5) is 0 Å². The van der Waals surface area contributed by atoms with Gasteiger partial charge in [0.05, 0.1) is 6.61 Å². The molecule has 0 heterocycles. The van der Waals surface area contributed by atoms with Crippen molar-refractivity contribution in [3.63, 3.8) is 0 Å². The Kier molecular flexibility index (Phi) is 5.78. The van der Waals surface area contributed by atoms with Gasteiger partial charge in [-0.3, -0.25) is 0 Å². The zero-order chi connectivity index (χ0) is 12.7. The van der Waals surface area contributed by atoms with E-state index < -0.39 is 0 Å². The molecule has 1 rings (SSSR count). The van der Waals surface area contributed by atoms with Crippen LogP contribution in [0, 0.1) is 0 Å². The van der Waals surface area contributed by atoms with Crippen LogP contribution in [0.25, 0.3) is 0 Å². The molecule has 94 valence electrons. The molecule has 0 radical (unpaired) electrons. The number of hydrogen-bond donors (Lipinski definition) is 1. The molecule has 1 N–H and O–H groups in total. The fourth-order valence-corrected chi connectivity index (χ4v) is 1.75. The maximum atomic E-state index is 5.64. The van der Waals surface area contributed by atoms with Crippen LogP contribution >= 0.6 is 0 Å². The third-order valence-corrected chi connectivity index (χ3v) is 2.84. The van der Waals surface area contributed by atoms with Crippen LogP contribution < -0.4 is 10.1 Å². The Morgan fingerprint density at radius 1 is 1.35 bits per heavy atom. The summed E-state index contributed by atoms with van der Waals surface area (Å²) in [5.41, 5.74) is 2.46. The topological polar surface area (TPSA) is 21.3 Å². The Labute approximate surface area is 105 Å². The third kappa shape index (κ3) is 4.61. The molecule has 1 aromatic carbocycles. The highest BCUT2D eigenvalue weighted by Crippen LogP contribution is 2.20. The zero-order valence-electron chi connectivity index (χ0n) is 11.1. The van der Waals surface area contributed by atoms with Gasteiger partial charge in [0, 0.05) is 12.5 Å². The van der Waals surface area contributed by atoms with E-state index in [2.05, 4.69) is 31.0 Å². The smallest absolute Gasteiger partial charge is 0.119 e. The van der Waals surface area contributed by atoms with Crippen LogP contribution in [0.5, 0.6) is 5.75 Å². The van der Waals surface area contributed by atoms with E-state index in [0.717, 1.165) is 24.2 Å². The van der Waals surface area contributed by atoms with Crippen molar-refractivity contribution < 1.29 is 4.74 Å². The van der Waals surface area contributed by atoms with Gasteiger partial charge in [0.15, 0.2) is 0 Å². The Hall–Kier alpha value is -1.28. The first-order chi connectivity index (χ1) is 8.17. The average Bonchev–Trinajstić information content (AvgIpc) is 2.32. The number of nitrogens with one attached hydrogen (secondary N) is 1. The summed E-state index contributed by atoms with van der Waals surface area (Å²) in [6, 6.07) is 8.75. The SMILES string of the molecule is C=C(C)CCOc1ccc(C(CC)NC)cc1. The first-order valence-electron chi connectivity index (χ1n) is 6.21. The van der Waals surface area contributed by atoms with E-state index in [4.69, 9.17) is 4.74 Å². The molecule has 17 heavy (non-hydrogen) atoms. The normalized spacial score (nSPS) is 12.2. The fourth-order valence-electron chi connectivity index (χ4n) is 1.75. The van der Waals surface area contributed by atoms with Crippen LogP contribution in [0.15, 0.2) is 36.4 Å². The highest BCUT2D eigenvalue weighted by Gasteiger charge is 2.05. The molecule has 0 aromatic heterocycles. The lowest BCUT2D eigenvalue weighted by molar-refractivity contribution is 0.321. The van der Waals surface area contributed by atoms with Gasteiger partial charge in [-0.1, -0.05) is 24.6 Å². The second-order valence-corrected chi connectivity index (χ2v) is 4.37. The van der Waals surface area contributed by atoms with E-state index >= 15 is 0 Å². The van der Waals surface area contributed by atoms with Gasteiger partial charge in [0.25, 0.3) is 0 Å². The van der Waals surface area contributed by atoms with Crippen LogP contribution in [0.2, 0.25) is 0 Å². The first kappa shape index (κ1) is 13.8. The Bertz CT molecular complexity index is 338. The van der Waals surface area contributed by atoms with Crippen molar-refractivity contribution >= 4 is 0 Å². The molecule has 1 aromatic rings. The summed E-state index contributed by atoms with van der Waals surface area (Å²) in [5, 5.41) is 3.29. The summed E-state index contributed by atoms with van der Waals surface area (Å²) in [6.07, 6.45) is 2.00. The van der Waals surface area contributed by atoms with Gasteiger partial charge in [0.2, 0.25) is 0 Å². The molecule has 2 nitrogen and oxygen atoms in total. The fraction of sp³-hybridized carbons (Fsp3) is 0.467. The molecular weight excluding hydrogens is 210 g/mol. The van der Waals surface area contributed by atoms with Crippen molar-refractivity contribution in [3.05, 3.63) is 42.0 Å². The highest BCUT2D eigenvalue weighted by atomic mass is 16.5. The molecule has 0 amide bonds. The number of benzene rings is 1. The van der Waals surface area contributed by atoms with Gasteiger partial charge in [-0.25, -0.2) is 0 Å². The average molecular weight is 233 g/mol. The third-order valence-electron chi connectivity index (χ3n) is 2.84. The standard InChI is InChI=1S/C15H23NO/c1-5-15(16-4)13-6-8-14(9-7-13)17-11-10-12(2)3/h6-9,15-16H,2,5,10-11H2,1,3-4H3. The summed E-state index contributed by atoms with van der Waals surface area (Å²) in [5.74, 6) is 0.931. The maximum Gasteiger partial charge on any atom is 0.119 e. The highest BCUT2D eigenvalue weighted by molar-refractivity contribution is 5.29. The monoisotopic (exact) mass is 233 g/mol. The predicted octanol–water partition coefficient (Wildman–Crippen LogP) is 3.70.